The summed E-state index contributed by atoms with van der Waals surface area (Å²) in [6.45, 7) is 0.340. The van der Waals surface area contributed by atoms with E-state index in [4.69, 9.17) is 4.74 Å². The highest BCUT2D eigenvalue weighted by molar-refractivity contribution is 7.91. The molecule has 0 bridgehead atoms. The lowest BCUT2D eigenvalue weighted by molar-refractivity contribution is -0.184. The van der Waals surface area contributed by atoms with Crippen LogP contribution in [0.25, 0.3) is 5.78 Å². The molecule has 14 heteroatoms. The van der Waals surface area contributed by atoms with Crippen LogP contribution >= 0.6 is 0 Å². The zero-order chi connectivity index (χ0) is 27.6. The number of carbonyl (C=O) groups is 1. The highest BCUT2D eigenvalue weighted by Crippen LogP contribution is 2.43. The SMILES string of the molecule is O=C(N[C@H](c1cn2ncc(C3CS(=O)(=O)CCN3)nc2n1)C1CCC(C(F)(F)F)CC1)OCc1ccccc1. The summed E-state index contributed by atoms with van der Waals surface area (Å²) in [7, 11) is -3.21. The van der Waals surface area contributed by atoms with Crippen LogP contribution in [0.4, 0.5) is 18.0 Å². The monoisotopic (exact) mass is 566 g/mol. The maximum absolute atomic E-state index is 13.3. The third-order valence-electron chi connectivity index (χ3n) is 7.32. The minimum atomic E-state index is -4.25. The van der Waals surface area contributed by atoms with Gasteiger partial charge in [-0.2, -0.15) is 18.3 Å². The van der Waals surface area contributed by atoms with Gasteiger partial charge in [0.15, 0.2) is 9.84 Å². The molecule has 2 aromatic heterocycles. The van der Waals surface area contributed by atoms with Crippen LogP contribution in [0.1, 0.15) is 54.7 Å². The average Bonchev–Trinajstić information content (AvgIpc) is 3.33. The molecule has 2 aliphatic rings. The number of hydrogen-bond donors (Lipinski definition) is 2. The van der Waals surface area contributed by atoms with Crippen LogP contribution in [0, 0.1) is 11.8 Å². The summed E-state index contributed by atoms with van der Waals surface area (Å²) in [4.78, 5) is 21.8. The summed E-state index contributed by atoms with van der Waals surface area (Å²) in [5.41, 5.74) is 1.60. The van der Waals surface area contributed by atoms with E-state index in [1.807, 2.05) is 30.3 Å². The van der Waals surface area contributed by atoms with Gasteiger partial charge in [0.1, 0.15) is 6.61 Å². The summed E-state index contributed by atoms with van der Waals surface area (Å²) in [6, 6.07) is 7.86. The van der Waals surface area contributed by atoms with E-state index in [-0.39, 0.29) is 55.5 Å². The van der Waals surface area contributed by atoms with Gasteiger partial charge in [-0.25, -0.2) is 27.7 Å². The van der Waals surface area contributed by atoms with E-state index in [2.05, 4.69) is 25.7 Å². The number of alkyl halides is 3. The van der Waals surface area contributed by atoms with Crippen molar-refractivity contribution in [3.05, 3.63) is 59.7 Å². The van der Waals surface area contributed by atoms with Gasteiger partial charge in [-0.05, 0) is 37.2 Å². The number of rotatable bonds is 6. The number of benzene rings is 1. The molecule has 1 aromatic carbocycles. The minimum absolute atomic E-state index is 0.0368. The molecule has 0 spiro atoms. The molecule has 210 valence electrons. The maximum atomic E-state index is 13.3. The zero-order valence-corrected chi connectivity index (χ0v) is 21.8. The predicted octanol–water partition coefficient (Wildman–Crippen LogP) is 3.52. The van der Waals surface area contributed by atoms with Gasteiger partial charge < -0.3 is 15.4 Å². The normalized spacial score (nSPS) is 24.2. The third-order valence-corrected chi connectivity index (χ3v) is 8.99. The van der Waals surface area contributed by atoms with Crippen LogP contribution in [0.2, 0.25) is 0 Å². The number of nitrogens with one attached hydrogen (secondary N) is 2. The summed E-state index contributed by atoms with van der Waals surface area (Å²) >= 11 is 0. The Morgan fingerprint density at radius 2 is 1.90 bits per heavy atom. The van der Waals surface area contributed by atoms with Gasteiger partial charge in [-0.15, -0.1) is 0 Å². The fraction of sp³-hybridized carbons (Fsp3) is 0.520. The van der Waals surface area contributed by atoms with Crippen molar-refractivity contribution < 1.29 is 31.1 Å². The number of alkyl carbamates (subject to hydrolysis) is 1. The average molecular weight is 567 g/mol. The molecule has 10 nitrogen and oxygen atoms in total. The lowest BCUT2D eigenvalue weighted by atomic mass is 9.77. The van der Waals surface area contributed by atoms with Crippen LogP contribution in [0.5, 0.6) is 0 Å². The third kappa shape index (κ3) is 6.67. The van der Waals surface area contributed by atoms with Crippen molar-refractivity contribution >= 4 is 21.7 Å². The first kappa shape index (κ1) is 27.3. The Morgan fingerprint density at radius 1 is 1.15 bits per heavy atom. The van der Waals surface area contributed by atoms with Crippen LogP contribution < -0.4 is 10.6 Å². The Balaban J connectivity index is 1.37. The Kier molecular flexibility index (Phi) is 7.76. The molecule has 2 fully saturated rings. The maximum Gasteiger partial charge on any atom is 0.408 e. The number of hydrogen-bond acceptors (Lipinski definition) is 8. The van der Waals surface area contributed by atoms with Crippen LogP contribution in [0.15, 0.2) is 42.7 Å². The van der Waals surface area contributed by atoms with Crippen molar-refractivity contribution in [1.29, 1.82) is 0 Å². The van der Waals surface area contributed by atoms with Gasteiger partial charge >= 0.3 is 12.3 Å². The fourth-order valence-electron chi connectivity index (χ4n) is 5.20. The van der Waals surface area contributed by atoms with Gasteiger partial charge in [0, 0.05) is 6.54 Å². The first-order valence-electron chi connectivity index (χ1n) is 12.8. The number of sulfone groups is 1. The molecular formula is C25H29F3N6O4S. The van der Waals surface area contributed by atoms with E-state index in [9.17, 15) is 26.4 Å². The molecule has 3 aromatic rings. The first-order valence-corrected chi connectivity index (χ1v) is 14.6. The molecule has 1 amide bonds. The highest BCUT2D eigenvalue weighted by atomic mass is 32.2. The molecule has 0 radical (unpaired) electrons. The van der Waals surface area contributed by atoms with Crippen molar-refractivity contribution in [2.75, 3.05) is 18.1 Å². The van der Waals surface area contributed by atoms with Gasteiger partial charge in [-0.1, -0.05) is 30.3 Å². The van der Waals surface area contributed by atoms with E-state index < -0.39 is 40.1 Å². The number of nitrogens with zero attached hydrogens (tertiary/aromatic N) is 4. The Morgan fingerprint density at radius 3 is 2.59 bits per heavy atom. The summed E-state index contributed by atoms with van der Waals surface area (Å²) in [6.07, 6.45) is -1.51. The van der Waals surface area contributed by atoms with Gasteiger partial charge in [0.05, 0.1) is 53.3 Å². The smallest absolute Gasteiger partial charge is 0.408 e. The largest absolute Gasteiger partial charge is 0.445 e. The lowest BCUT2D eigenvalue weighted by Gasteiger charge is -2.34. The van der Waals surface area contributed by atoms with E-state index in [0.717, 1.165) is 5.56 Å². The zero-order valence-electron chi connectivity index (χ0n) is 21.0. The molecule has 2 N–H and O–H groups in total. The topological polar surface area (TPSA) is 128 Å². The number of aromatic nitrogens is 4. The second kappa shape index (κ2) is 11.1. The van der Waals surface area contributed by atoms with E-state index in [1.54, 1.807) is 6.20 Å². The van der Waals surface area contributed by atoms with Crippen molar-refractivity contribution in [3.8, 4) is 0 Å². The Bertz CT molecular complexity index is 1410. The van der Waals surface area contributed by atoms with Crippen LogP contribution in [0.3, 0.4) is 0 Å². The lowest BCUT2D eigenvalue weighted by Crippen LogP contribution is -2.39. The molecule has 39 heavy (non-hydrogen) atoms. The number of fused-ring (bicyclic) bond motifs is 1. The number of halogens is 3. The quantitative estimate of drug-likeness (QED) is 0.464. The fourth-order valence-corrected chi connectivity index (χ4v) is 6.59. The van der Waals surface area contributed by atoms with Crippen molar-refractivity contribution in [1.82, 2.24) is 30.2 Å². The molecule has 1 saturated carbocycles. The summed E-state index contributed by atoms with van der Waals surface area (Å²) in [5, 5.41) is 10.2. The number of carbonyl (C=O) groups excluding carboxylic acids is 1. The highest BCUT2D eigenvalue weighted by Gasteiger charge is 2.43. The van der Waals surface area contributed by atoms with E-state index >= 15 is 0 Å². The molecule has 1 saturated heterocycles. The Hall–Kier alpha value is -3.26. The number of amides is 1. The van der Waals surface area contributed by atoms with Gasteiger partial charge in [0.25, 0.3) is 5.78 Å². The standard InChI is InChI=1S/C25H29F3N6O4S/c26-25(27,28)18-8-6-17(7-9-18)22(33-24(35)38-14-16-4-2-1-3-5-16)20-13-34-23(32-20)31-19(12-30-34)21-15-39(36,37)11-10-29-21/h1-5,12-13,17-18,21-22,29H,6-11,14-15H2,(H,33,35)/t17?,18?,21?,22-/m0/s1. The van der Waals surface area contributed by atoms with Gasteiger partial charge in [-0.3, -0.25) is 0 Å². The number of imidazole rings is 1. The summed E-state index contributed by atoms with van der Waals surface area (Å²) in [5.74, 6) is -1.53. The first-order chi connectivity index (χ1) is 18.6. The van der Waals surface area contributed by atoms with Crippen molar-refractivity contribution in [2.24, 2.45) is 11.8 Å². The van der Waals surface area contributed by atoms with Crippen LogP contribution in [-0.2, 0) is 21.2 Å². The minimum Gasteiger partial charge on any atom is -0.445 e. The molecule has 1 aliphatic heterocycles. The second-order valence-corrected chi connectivity index (χ2v) is 12.3. The second-order valence-electron chi connectivity index (χ2n) is 10.0. The molecule has 3 heterocycles. The van der Waals surface area contributed by atoms with E-state index in [1.165, 1.54) is 10.7 Å². The number of ether oxygens (including phenoxy) is 1. The molecule has 2 atom stereocenters. The van der Waals surface area contributed by atoms with Gasteiger partial charge in [0.2, 0.25) is 0 Å². The molecule has 1 aliphatic carbocycles. The molecular weight excluding hydrogens is 537 g/mol. The molecule has 5 rings (SSSR count). The summed E-state index contributed by atoms with van der Waals surface area (Å²) < 4.78 is 70.7. The van der Waals surface area contributed by atoms with Crippen molar-refractivity contribution in [3.63, 3.8) is 0 Å². The van der Waals surface area contributed by atoms with E-state index in [0.29, 0.717) is 17.9 Å². The van der Waals surface area contributed by atoms with Crippen LogP contribution in [-0.4, -0.2) is 58.3 Å². The molecule has 1 unspecified atom stereocenters. The predicted molar refractivity (Wildman–Crippen MR) is 134 cm³/mol. The Labute approximate surface area is 223 Å². The van der Waals surface area contributed by atoms with Crippen molar-refractivity contribution in [2.45, 2.75) is 50.6 Å².